The van der Waals surface area contributed by atoms with Crippen molar-refractivity contribution in [3.8, 4) is 0 Å². The number of rotatable bonds is 10. The first-order valence-electron chi connectivity index (χ1n) is 12.2. The van der Waals surface area contributed by atoms with Gasteiger partial charge in [0, 0.05) is 40.6 Å². The topological polar surface area (TPSA) is 49.4 Å². The van der Waals surface area contributed by atoms with Gasteiger partial charge in [0.2, 0.25) is 11.8 Å². The smallest absolute Gasteiger partial charge is 0.243 e. The van der Waals surface area contributed by atoms with Crippen LogP contribution in [0.15, 0.2) is 83.8 Å². The molecule has 1 N–H and O–H groups in total. The van der Waals surface area contributed by atoms with Crippen LogP contribution in [-0.2, 0) is 22.6 Å². The summed E-state index contributed by atoms with van der Waals surface area (Å²) in [5.74, 6) is 0.386. The van der Waals surface area contributed by atoms with Gasteiger partial charge in [-0.3, -0.25) is 9.59 Å². The number of nitrogens with zero attached hydrogens (tertiary/aromatic N) is 1. The molecular weight excluding hydrogens is 488 g/mol. The molecule has 4 nitrogen and oxygen atoms in total. The summed E-state index contributed by atoms with van der Waals surface area (Å²) < 4.78 is 0. The third kappa shape index (κ3) is 8.72. The minimum atomic E-state index is -0.667. The fraction of sp³-hybridized carbons (Fsp3) is 0.333. The number of carbonyl (C=O) groups is 2. The summed E-state index contributed by atoms with van der Waals surface area (Å²) in [4.78, 5) is 30.1. The van der Waals surface area contributed by atoms with E-state index in [1.54, 1.807) is 16.7 Å². The zero-order valence-corrected chi connectivity index (χ0v) is 23.0. The number of thioether (sulfide) groups is 1. The van der Waals surface area contributed by atoms with Crippen molar-refractivity contribution in [1.29, 1.82) is 0 Å². The number of halogens is 1. The Hall–Kier alpha value is -2.76. The van der Waals surface area contributed by atoms with Crippen LogP contribution in [0.2, 0.25) is 5.02 Å². The van der Waals surface area contributed by atoms with Crippen LogP contribution >= 0.6 is 23.4 Å². The molecular formula is C30H35ClN2O2S. The number of benzene rings is 3. The van der Waals surface area contributed by atoms with Crippen molar-refractivity contribution in [2.24, 2.45) is 0 Å². The lowest BCUT2D eigenvalue weighted by Gasteiger charge is -2.34. The van der Waals surface area contributed by atoms with Crippen molar-refractivity contribution in [2.45, 2.75) is 63.6 Å². The molecule has 3 aromatic carbocycles. The summed E-state index contributed by atoms with van der Waals surface area (Å²) in [6, 6.07) is 24.9. The van der Waals surface area contributed by atoms with Crippen LogP contribution in [0.3, 0.4) is 0 Å². The van der Waals surface area contributed by atoms with Crippen LogP contribution in [0.25, 0.3) is 0 Å². The summed E-state index contributed by atoms with van der Waals surface area (Å²) in [5, 5.41) is 3.67. The average Bonchev–Trinajstić information content (AvgIpc) is 2.83. The van der Waals surface area contributed by atoms with Gasteiger partial charge < -0.3 is 10.2 Å². The minimum Gasteiger partial charge on any atom is -0.350 e. The normalized spacial score (nSPS) is 12.1. The van der Waals surface area contributed by atoms with E-state index in [4.69, 9.17) is 11.6 Å². The van der Waals surface area contributed by atoms with Crippen LogP contribution in [-0.4, -0.2) is 34.0 Å². The third-order valence-electron chi connectivity index (χ3n) is 5.67. The molecule has 0 saturated carbocycles. The fourth-order valence-electron chi connectivity index (χ4n) is 3.85. The lowest BCUT2D eigenvalue weighted by atomic mass is 10.0. The first-order chi connectivity index (χ1) is 17.1. The van der Waals surface area contributed by atoms with Gasteiger partial charge in [-0.2, -0.15) is 0 Å². The van der Waals surface area contributed by atoms with Crippen LogP contribution in [0.5, 0.6) is 0 Å². The van der Waals surface area contributed by atoms with Gasteiger partial charge in [0.1, 0.15) is 6.04 Å². The molecule has 3 rings (SSSR count). The van der Waals surface area contributed by atoms with Gasteiger partial charge in [-0.05, 0) is 57.0 Å². The molecule has 0 aromatic heterocycles. The van der Waals surface area contributed by atoms with Crippen LogP contribution in [0.1, 0.15) is 43.9 Å². The van der Waals surface area contributed by atoms with Gasteiger partial charge in [0.25, 0.3) is 0 Å². The molecule has 3 aromatic rings. The maximum atomic E-state index is 13.7. The number of carbonyl (C=O) groups excluding carboxylic acids is 2. The van der Waals surface area contributed by atoms with Crippen molar-refractivity contribution < 1.29 is 9.59 Å². The molecule has 0 fully saturated rings. The Balaban J connectivity index is 1.87. The van der Waals surface area contributed by atoms with Crippen molar-refractivity contribution in [3.05, 3.63) is 101 Å². The molecule has 1 atom stereocenters. The van der Waals surface area contributed by atoms with E-state index in [0.717, 1.165) is 16.0 Å². The molecule has 0 unspecified atom stereocenters. The van der Waals surface area contributed by atoms with Crippen LogP contribution in [0, 0.1) is 6.92 Å². The molecule has 0 radical (unpaired) electrons. The summed E-state index contributed by atoms with van der Waals surface area (Å²) in [7, 11) is 0. The number of hydrogen-bond acceptors (Lipinski definition) is 3. The molecule has 0 heterocycles. The molecule has 0 aliphatic heterocycles. The highest BCUT2D eigenvalue weighted by Gasteiger charge is 2.32. The van der Waals surface area contributed by atoms with E-state index in [9.17, 15) is 9.59 Å². The molecule has 190 valence electrons. The summed E-state index contributed by atoms with van der Waals surface area (Å²) in [6.45, 7) is 8.16. The molecule has 0 spiro atoms. The van der Waals surface area contributed by atoms with Gasteiger partial charge >= 0.3 is 0 Å². The second-order valence-corrected chi connectivity index (χ2v) is 11.5. The zero-order chi connectivity index (χ0) is 26.1. The van der Waals surface area contributed by atoms with Gasteiger partial charge in [-0.25, -0.2) is 0 Å². The van der Waals surface area contributed by atoms with E-state index in [-0.39, 0.29) is 18.4 Å². The van der Waals surface area contributed by atoms with Crippen molar-refractivity contribution in [2.75, 3.05) is 5.75 Å². The summed E-state index contributed by atoms with van der Waals surface area (Å²) in [5.41, 5.74) is 2.60. The Labute approximate surface area is 224 Å². The van der Waals surface area contributed by atoms with Gasteiger partial charge in [-0.1, -0.05) is 77.8 Å². The van der Waals surface area contributed by atoms with E-state index >= 15 is 0 Å². The lowest BCUT2D eigenvalue weighted by molar-refractivity contribution is -0.141. The third-order valence-corrected chi connectivity index (χ3v) is 7.06. The minimum absolute atomic E-state index is 0.0699. The van der Waals surface area contributed by atoms with E-state index in [1.807, 2.05) is 75.4 Å². The standard InChI is InChI=1S/C30H35ClN2O2S/c1-22-14-16-25(17-15-22)36-19-18-28(34)33(21-24-12-8-9-13-26(24)31)27(29(35)32-30(2,3)4)20-23-10-6-5-7-11-23/h5-17,27H,18-21H2,1-4H3,(H,32,35)/t27-/m0/s1. The maximum Gasteiger partial charge on any atom is 0.243 e. The first kappa shape index (κ1) is 27.8. The maximum absolute atomic E-state index is 13.7. The molecule has 0 aliphatic rings. The summed E-state index contributed by atoms with van der Waals surface area (Å²) in [6.07, 6.45) is 0.737. The van der Waals surface area contributed by atoms with Crippen molar-refractivity contribution in [3.63, 3.8) is 0 Å². The Morgan fingerprint density at radius 1 is 0.944 bits per heavy atom. The highest BCUT2D eigenvalue weighted by Crippen LogP contribution is 2.24. The Morgan fingerprint density at radius 3 is 2.22 bits per heavy atom. The second-order valence-electron chi connectivity index (χ2n) is 9.97. The molecule has 0 saturated heterocycles. The van der Waals surface area contributed by atoms with E-state index in [1.165, 1.54) is 5.56 Å². The van der Waals surface area contributed by atoms with Gasteiger partial charge in [0.15, 0.2) is 0 Å². The Morgan fingerprint density at radius 2 is 1.58 bits per heavy atom. The highest BCUT2D eigenvalue weighted by atomic mass is 35.5. The van der Waals surface area contributed by atoms with Gasteiger partial charge in [-0.15, -0.1) is 11.8 Å². The van der Waals surface area contributed by atoms with E-state index < -0.39 is 11.6 Å². The molecule has 6 heteroatoms. The predicted molar refractivity (Wildman–Crippen MR) is 150 cm³/mol. The highest BCUT2D eigenvalue weighted by molar-refractivity contribution is 7.99. The first-order valence-corrected chi connectivity index (χ1v) is 13.6. The average molecular weight is 523 g/mol. The number of nitrogens with one attached hydrogen (secondary N) is 1. The summed E-state index contributed by atoms with van der Waals surface area (Å²) >= 11 is 8.12. The fourth-order valence-corrected chi connectivity index (χ4v) is 4.89. The van der Waals surface area contributed by atoms with Crippen molar-refractivity contribution >= 4 is 35.2 Å². The van der Waals surface area contributed by atoms with E-state index in [0.29, 0.717) is 23.6 Å². The molecule has 36 heavy (non-hydrogen) atoms. The Bertz CT molecular complexity index is 1140. The van der Waals surface area contributed by atoms with Crippen LogP contribution in [0.4, 0.5) is 0 Å². The lowest BCUT2D eigenvalue weighted by Crippen LogP contribution is -2.54. The predicted octanol–water partition coefficient (Wildman–Crippen LogP) is 6.69. The quantitative estimate of drug-likeness (QED) is 0.302. The zero-order valence-electron chi connectivity index (χ0n) is 21.5. The largest absolute Gasteiger partial charge is 0.350 e. The van der Waals surface area contributed by atoms with Crippen LogP contribution < -0.4 is 5.32 Å². The molecule has 0 bridgehead atoms. The monoisotopic (exact) mass is 522 g/mol. The Kier molecular flexibility index (Phi) is 10.0. The number of aryl methyl sites for hydroxylation is 1. The molecule has 2 amide bonds. The SMILES string of the molecule is Cc1ccc(SCCC(=O)N(Cc2ccccc2Cl)[C@@H](Cc2ccccc2)C(=O)NC(C)(C)C)cc1. The molecule has 0 aliphatic carbocycles. The second kappa shape index (κ2) is 13.0. The number of amides is 2. The van der Waals surface area contributed by atoms with E-state index in [2.05, 4.69) is 36.5 Å². The van der Waals surface area contributed by atoms with Crippen molar-refractivity contribution in [1.82, 2.24) is 10.2 Å². The number of hydrogen-bond donors (Lipinski definition) is 1. The van der Waals surface area contributed by atoms with Gasteiger partial charge in [0.05, 0.1) is 0 Å².